The van der Waals surface area contributed by atoms with E-state index in [2.05, 4.69) is 53.2 Å². The topological polar surface area (TPSA) is 383 Å². The van der Waals surface area contributed by atoms with Gasteiger partial charge in [-0.15, -0.1) is 0 Å². The van der Waals surface area contributed by atoms with Gasteiger partial charge in [0.05, 0.1) is 25.0 Å². The summed E-state index contributed by atoms with van der Waals surface area (Å²) < 4.78 is 0. The summed E-state index contributed by atoms with van der Waals surface area (Å²) in [6.45, 7) is 5.41. The van der Waals surface area contributed by atoms with Gasteiger partial charge in [0.15, 0.2) is 0 Å². The molecule has 408 valence electrons. The Morgan fingerprint density at radius 1 is 0.431 bits per heavy atom. The number of aliphatic hydroxyl groups is 2. The van der Waals surface area contributed by atoms with Gasteiger partial charge in [0, 0.05) is 38.0 Å². The molecule has 24 nitrogen and oxygen atoms in total. The third kappa shape index (κ3) is 19.9. The first-order chi connectivity index (χ1) is 34.3. The van der Waals surface area contributed by atoms with Crippen LogP contribution in [-0.4, -0.2) is 157 Å². The SMILES string of the molecule is CC(C)[C@@H]1NC(=O)[C@H]2CCCC[C@@H]2NC(=O)CCNC(=O)[C@H](CCCCN)NC(=O)[C@H](CO)NC(=O)[C@H](C(C)C)NC(=O)[C@H]2CCCC[C@@H]2NC(=O)CCNC(=O)[C@H](CCCCN)NC(=O)[C@H](CO)NC1=O. The summed E-state index contributed by atoms with van der Waals surface area (Å²) in [6.07, 6.45) is 6.29. The highest BCUT2D eigenvalue weighted by Gasteiger charge is 2.38. The molecule has 1 aliphatic heterocycles. The van der Waals surface area contributed by atoms with Crippen LogP contribution in [0.1, 0.15) is 130 Å². The molecule has 1 saturated heterocycles. The van der Waals surface area contributed by atoms with Crippen molar-refractivity contribution >= 4 is 59.1 Å². The molecule has 0 aromatic rings. The van der Waals surface area contributed by atoms with Crippen LogP contribution in [-0.2, 0) is 47.9 Å². The quantitative estimate of drug-likeness (QED) is 0.0859. The highest BCUT2D eigenvalue weighted by molar-refractivity contribution is 5.96. The molecule has 16 N–H and O–H groups in total. The Bertz CT molecular complexity index is 1710. The molecular formula is C48H84N12O12. The van der Waals surface area contributed by atoms with Crippen molar-refractivity contribution in [1.29, 1.82) is 0 Å². The monoisotopic (exact) mass is 1020 g/mol. The minimum absolute atomic E-state index is 0.143. The average Bonchev–Trinajstić information content (AvgIpc) is 3.34. The van der Waals surface area contributed by atoms with Gasteiger partial charge in [-0.2, -0.15) is 0 Å². The molecule has 3 rings (SSSR count). The van der Waals surface area contributed by atoms with Crippen molar-refractivity contribution in [2.45, 2.75) is 179 Å². The van der Waals surface area contributed by atoms with Crippen LogP contribution in [0.2, 0.25) is 0 Å². The van der Waals surface area contributed by atoms with E-state index in [1.54, 1.807) is 27.7 Å². The molecule has 1 heterocycles. The van der Waals surface area contributed by atoms with Crippen LogP contribution in [0.5, 0.6) is 0 Å². The molecule has 2 saturated carbocycles. The van der Waals surface area contributed by atoms with Crippen LogP contribution in [0.4, 0.5) is 0 Å². The summed E-state index contributed by atoms with van der Waals surface area (Å²) in [5.41, 5.74) is 11.4. The predicted molar refractivity (Wildman–Crippen MR) is 264 cm³/mol. The molecule has 72 heavy (non-hydrogen) atoms. The summed E-state index contributed by atoms with van der Waals surface area (Å²) in [6, 6.07) is -8.87. The molecule has 0 spiro atoms. The number of rotatable bonds is 12. The first kappa shape index (κ1) is 60.8. The van der Waals surface area contributed by atoms with E-state index >= 15 is 0 Å². The van der Waals surface area contributed by atoms with Crippen LogP contribution < -0.4 is 64.6 Å². The van der Waals surface area contributed by atoms with Gasteiger partial charge in [-0.05, 0) is 89.1 Å². The van der Waals surface area contributed by atoms with Crippen molar-refractivity contribution in [3.05, 3.63) is 0 Å². The van der Waals surface area contributed by atoms with Crippen LogP contribution in [0.15, 0.2) is 0 Å². The standard InChI is InChI=1S/C48H84N12O12/c1-27(2)39-47(71)57-35(25-61)45(69)55-33(17-9-11-21-49)43(67)51-24-20-38(64)54-32-16-8-6-14-30(32)42(66)60-40(28(3)4)48(72)58-36(26-62)46(70)56-34(18-10-12-22-50)44(68)52-23-19-37(63)53-31-15-7-5-13-29(31)41(65)59-39/h27-36,39-40,61-62H,5-26,49-50H2,1-4H3,(H,51,67)(H,52,68)(H,53,63)(H,54,64)(H,55,69)(H,56,70)(H,57,71)(H,58,72)(H,59,65)(H,60,66)/t29-,30-,31-,32-,33-,34-,35-,36-,39-,40-/m0/s1. The molecular weight excluding hydrogens is 937 g/mol. The minimum Gasteiger partial charge on any atom is -0.394 e. The summed E-state index contributed by atoms with van der Waals surface area (Å²) in [4.78, 5) is 136. The van der Waals surface area contributed by atoms with E-state index in [4.69, 9.17) is 11.5 Å². The molecule has 10 atom stereocenters. The van der Waals surface area contributed by atoms with E-state index in [1.807, 2.05) is 0 Å². The van der Waals surface area contributed by atoms with E-state index in [0.717, 1.165) is 0 Å². The first-order valence-corrected chi connectivity index (χ1v) is 25.9. The Labute approximate surface area is 422 Å². The Kier molecular flexibility index (Phi) is 26.9. The smallest absolute Gasteiger partial charge is 0.245 e. The number of aliphatic hydroxyl groups excluding tert-OH is 2. The second-order valence-corrected chi connectivity index (χ2v) is 19.9. The molecule has 0 aromatic carbocycles. The van der Waals surface area contributed by atoms with Gasteiger partial charge in [0.2, 0.25) is 59.1 Å². The number of amides is 10. The summed E-state index contributed by atoms with van der Waals surface area (Å²) in [7, 11) is 0. The average molecular weight is 1020 g/mol. The predicted octanol–water partition coefficient (Wildman–Crippen LogP) is -3.17. The molecule has 3 aliphatic rings. The van der Waals surface area contributed by atoms with Gasteiger partial charge >= 0.3 is 0 Å². The van der Waals surface area contributed by atoms with Gasteiger partial charge in [-0.1, -0.05) is 53.4 Å². The van der Waals surface area contributed by atoms with Crippen LogP contribution in [0, 0.1) is 23.7 Å². The van der Waals surface area contributed by atoms with Gasteiger partial charge in [-0.3, -0.25) is 47.9 Å². The number of nitrogens with one attached hydrogen (secondary N) is 10. The zero-order valence-corrected chi connectivity index (χ0v) is 42.6. The molecule has 3 fully saturated rings. The first-order valence-electron chi connectivity index (χ1n) is 25.9. The number of nitrogens with two attached hydrogens (primary N) is 2. The Morgan fingerprint density at radius 2 is 0.778 bits per heavy atom. The second-order valence-electron chi connectivity index (χ2n) is 19.9. The highest BCUT2D eigenvalue weighted by atomic mass is 16.3. The van der Waals surface area contributed by atoms with Crippen molar-refractivity contribution in [1.82, 2.24) is 53.2 Å². The van der Waals surface area contributed by atoms with Crippen molar-refractivity contribution in [3.63, 3.8) is 0 Å². The van der Waals surface area contributed by atoms with Crippen molar-refractivity contribution in [3.8, 4) is 0 Å². The third-order valence-electron chi connectivity index (χ3n) is 13.5. The molecule has 0 bridgehead atoms. The highest BCUT2D eigenvalue weighted by Crippen LogP contribution is 2.27. The lowest BCUT2D eigenvalue weighted by Crippen LogP contribution is -2.60. The molecule has 24 heteroatoms. The maximum absolute atomic E-state index is 13.9. The lowest BCUT2D eigenvalue weighted by Gasteiger charge is -2.33. The van der Waals surface area contributed by atoms with Crippen LogP contribution in [0.3, 0.4) is 0 Å². The fraction of sp³-hybridized carbons (Fsp3) is 0.792. The number of unbranched alkanes of at least 4 members (excludes halogenated alkanes) is 2. The maximum Gasteiger partial charge on any atom is 0.245 e. The minimum atomic E-state index is -1.52. The molecule has 10 amide bonds. The molecule has 2 aliphatic carbocycles. The fourth-order valence-electron chi connectivity index (χ4n) is 9.21. The van der Waals surface area contributed by atoms with Crippen LogP contribution in [0.25, 0.3) is 0 Å². The summed E-state index contributed by atoms with van der Waals surface area (Å²) in [5.74, 6) is -8.92. The van der Waals surface area contributed by atoms with Gasteiger partial charge in [0.1, 0.15) is 36.3 Å². The van der Waals surface area contributed by atoms with Crippen LogP contribution >= 0.6 is 0 Å². The van der Waals surface area contributed by atoms with E-state index in [1.165, 1.54) is 0 Å². The summed E-state index contributed by atoms with van der Waals surface area (Å²) >= 11 is 0. The van der Waals surface area contributed by atoms with Gasteiger partial charge in [0.25, 0.3) is 0 Å². The number of carbonyl (C=O) groups is 10. The Morgan fingerprint density at radius 3 is 1.11 bits per heavy atom. The normalized spacial score (nSPS) is 29.2. The zero-order valence-electron chi connectivity index (χ0n) is 42.6. The number of fused-ring (bicyclic) bond motifs is 2. The zero-order chi connectivity index (χ0) is 53.3. The fourth-order valence-corrected chi connectivity index (χ4v) is 9.21. The third-order valence-corrected chi connectivity index (χ3v) is 13.5. The molecule has 0 radical (unpaired) electrons. The van der Waals surface area contributed by atoms with E-state index in [-0.39, 0.29) is 38.8 Å². The van der Waals surface area contributed by atoms with Crippen molar-refractivity contribution < 1.29 is 58.2 Å². The van der Waals surface area contributed by atoms with Gasteiger partial charge in [-0.25, -0.2) is 0 Å². The Hall–Kier alpha value is -5.46. The molecule has 0 aromatic heterocycles. The van der Waals surface area contributed by atoms with Crippen molar-refractivity contribution in [2.75, 3.05) is 39.4 Å². The Balaban J connectivity index is 1.92. The van der Waals surface area contributed by atoms with E-state index in [0.29, 0.717) is 90.1 Å². The number of hydrogen-bond donors (Lipinski definition) is 14. The van der Waals surface area contributed by atoms with E-state index < -0.39 is 144 Å². The van der Waals surface area contributed by atoms with Crippen molar-refractivity contribution in [2.24, 2.45) is 35.1 Å². The number of carbonyl (C=O) groups excluding carboxylic acids is 10. The van der Waals surface area contributed by atoms with E-state index in [9.17, 15) is 58.2 Å². The second kappa shape index (κ2) is 31.9. The lowest BCUT2D eigenvalue weighted by molar-refractivity contribution is -0.137. The lowest BCUT2D eigenvalue weighted by atomic mass is 9.83. The number of hydrogen-bond acceptors (Lipinski definition) is 14. The summed E-state index contributed by atoms with van der Waals surface area (Å²) in [5, 5.41) is 47.4. The van der Waals surface area contributed by atoms with Gasteiger partial charge < -0.3 is 74.8 Å². The maximum atomic E-state index is 13.9. The largest absolute Gasteiger partial charge is 0.394 e. The molecule has 0 unspecified atom stereocenters.